The molecular weight excluding hydrogens is 208 g/mol. The summed E-state index contributed by atoms with van der Waals surface area (Å²) in [5, 5.41) is 14.0. The van der Waals surface area contributed by atoms with E-state index >= 15 is 0 Å². The van der Waals surface area contributed by atoms with Crippen LogP contribution in [0.5, 0.6) is 0 Å². The van der Waals surface area contributed by atoms with E-state index in [9.17, 15) is 9.59 Å². The summed E-state index contributed by atoms with van der Waals surface area (Å²) in [5.41, 5.74) is 0. The predicted octanol–water partition coefficient (Wildman–Crippen LogP) is 1.73. The second kappa shape index (κ2) is 9.00. The molecule has 0 aliphatic heterocycles. The van der Waals surface area contributed by atoms with E-state index < -0.39 is 5.97 Å². The Bertz CT molecular complexity index is 219. The first-order valence-electron chi connectivity index (χ1n) is 5.82. The van der Waals surface area contributed by atoms with Crippen LogP contribution >= 0.6 is 0 Å². The maximum atomic E-state index is 11.3. The Labute approximate surface area is 96.6 Å². The van der Waals surface area contributed by atoms with Crippen LogP contribution in [0.25, 0.3) is 0 Å². The van der Waals surface area contributed by atoms with Crippen LogP contribution in [-0.2, 0) is 4.79 Å². The van der Waals surface area contributed by atoms with Gasteiger partial charge in [0, 0.05) is 19.0 Å². The summed E-state index contributed by atoms with van der Waals surface area (Å²) in [5.74, 6) is -0.792. The van der Waals surface area contributed by atoms with Gasteiger partial charge in [-0.15, -0.1) is 0 Å². The van der Waals surface area contributed by atoms with Crippen molar-refractivity contribution in [3.05, 3.63) is 0 Å². The Morgan fingerprint density at radius 1 is 1.31 bits per heavy atom. The maximum absolute atomic E-state index is 11.3. The smallest absolute Gasteiger partial charge is 0.314 e. The molecule has 0 aliphatic rings. The third kappa shape index (κ3) is 9.30. The molecule has 0 aromatic rings. The molecule has 1 unspecified atom stereocenters. The van der Waals surface area contributed by atoms with Crippen molar-refractivity contribution in [2.75, 3.05) is 6.54 Å². The average Bonchev–Trinajstić information content (AvgIpc) is 2.17. The second-order valence-electron chi connectivity index (χ2n) is 3.94. The lowest BCUT2D eigenvalue weighted by atomic mass is 10.1. The van der Waals surface area contributed by atoms with Gasteiger partial charge >= 0.3 is 12.0 Å². The Morgan fingerprint density at radius 3 is 2.56 bits per heavy atom. The first-order valence-corrected chi connectivity index (χ1v) is 5.82. The molecule has 3 N–H and O–H groups in total. The van der Waals surface area contributed by atoms with Crippen LogP contribution in [0.2, 0.25) is 0 Å². The van der Waals surface area contributed by atoms with Crippen LogP contribution < -0.4 is 10.6 Å². The molecule has 0 fully saturated rings. The molecule has 0 aromatic heterocycles. The van der Waals surface area contributed by atoms with Gasteiger partial charge in [0.05, 0.1) is 0 Å². The molecule has 16 heavy (non-hydrogen) atoms. The molecule has 0 aliphatic carbocycles. The standard InChI is InChI=1S/C11H22N2O3/c1-3-4-8-12-11(16)13-9(2)6-5-7-10(14)15/h9H,3-8H2,1-2H3,(H,14,15)(H2,12,13,16). The highest BCUT2D eigenvalue weighted by Crippen LogP contribution is 2.00. The second-order valence-corrected chi connectivity index (χ2v) is 3.94. The van der Waals surface area contributed by atoms with Crippen molar-refractivity contribution in [1.29, 1.82) is 0 Å². The van der Waals surface area contributed by atoms with E-state index in [-0.39, 0.29) is 18.5 Å². The molecule has 0 rings (SSSR count). The number of urea groups is 1. The van der Waals surface area contributed by atoms with Crippen LogP contribution in [0.15, 0.2) is 0 Å². The highest BCUT2D eigenvalue weighted by Gasteiger charge is 2.07. The number of hydrogen-bond donors (Lipinski definition) is 3. The summed E-state index contributed by atoms with van der Waals surface area (Å²) in [6, 6.07) is -0.155. The molecule has 1 atom stereocenters. The number of carbonyl (C=O) groups excluding carboxylic acids is 1. The third-order valence-electron chi connectivity index (χ3n) is 2.22. The molecule has 2 amide bonds. The molecule has 5 heteroatoms. The summed E-state index contributed by atoms with van der Waals surface area (Å²) >= 11 is 0. The Kier molecular flexibility index (Phi) is 8.29. The highest BCUT2D eigenvalue weighted by atomic mass is 16.4. The lowest BCUT2D eigenvalue weighted by molar-refractivity contribution is -0.137. The Balaban J connectivity index is 3.50. The minimum Gasteiger partial charge on any atom is -0.481 e. The zero-order valence-electron chi connectivity index (χ0n) is 10.1. The summed E-state index contributed by atoms with van der Waals surface area (Å²) in [6.45, 7) is 4.62. The van der Waals surface area contributed by atoms with E-state index in [0.29, 0.717) is 19.4 Å². The number of hydrogen-bond acceptors (Lipinski definition) is 2. The summed E-state index contributed by atoms with van der Waals surface area (Å²) in [4.78, 5) is 21.6. The molecule has 0 aromatic carbocycles. The zero-order valence-corrected chi connectivity index (χ0v) is 10.1. The molecule has 0 saturated heterocycles. The normalized spacial score (nSPS) is 11.9. The number of rotatable bonds is 8. The van der Waals surface area contributed by atoms with E-state index in [0.717, 1.165) is 12.8 Å². The van der Waals surface area contributed by atoms with Gasteiger partial charge < -0.3 is 15.7 Å². The number of nitrogens with one attached hydrogen (secondary N) is 2. The highest BCUT2D eigenvalue weighted by molar-refractivity contribution is 5.74. The Morgan fingerprint density at radius 2 is 2.00 bits per heavy atom. The molecule has 0 bridgehead atoms. The minimum absolute atomic E-state index is 0.0148. The molecule has 0 radical (unpaired) electrons. The molecule has 5 nitrogen and oxygen atoms in total. The predicted molar refractivity (Wildman–Crippen MR) is 62.4 cm³/mol. The number of aliphatic carboxylic acids is 1. The molecule has 0 spiro atoms. The van der Waals surface area contributed by atoms with Crippen LogP contribution in [0.1, 0.15) is 46.0 Å². The van der Waals surface area contributed by atoms with Gasteiger partial charge in [-0.05, 0) is 26.2 Å². The van der Waals surface area contributed by atoms with E-state index in [1.807, 2.05) is 6.92 Å². The van der Waals surface area contributed by atoms with Crippen molar-refractivity contribution in [2.45, 2.75) is 52.0 Å². The van der Waals surface area contributed by atoms with Gasteiger partial charge in [-0.25, -0.2) is 4.79 Å². The first-order chi connectivity index (χ1) is 7.56. The zero-order chi connectivity index (χ0) is 12.4. The van der Waals surface area contributed by atoms with Crippen molar-refractivity contribution in [3.63, 3.8) is 0 Å². The number of carboxylic acid groups (broad SMARTS) is 1. The van der Waals surface area contributed by atoms with Crippen LogP contribution in [0.4, 0.5) is 4.79 Å². The third-order valence-corrected chi connectivity index (χ3v) is 2.22. The van der Waals surface area contributed by atoms with Gasteiger partial charge in [-0.1, -0.05) is 13.3 Å². The van der Waals surface area contributed by atoms with E-state index in [1.165, 1.54) is 0 Å². The molecule has 0 saturated carbocycles. The van der Waals surface area contributed by atoms with Crippen LogP contribution in [-0.4, -0.2) is 29.7 Å². The van der Waals surface area contributed by atoms with Gasteiger partial charge in [0.25, 0.3) is 0 Å². The monoisotopic (exact) mass is 230 g/mol. The largest absolute Gasteiger partial charge is 0.481 e. The number of carbonyl (C=O) groups is 2. The quantitative estimate of drug-likeness (QED) is 0.556. The Hall–Kier alpha value is -1.26. The van der Waals surface area contributed by atoms with E-state index in [1.54, 1.807) is 0 Å². The van der Waals surface area contributed by atoms with Crippen molar-refractivity contribution in [1.82, 2.24) is 10.6 Å². The SMILES string of the molecule is CCCCNC(=O)NC(C)CCCC(=O)O. The number of amides is 2. The van der Waals surface area contributed by atoms with Gasteiger partial charge in [0.2, 0.25) is 0 Å². The van der Waals surface area contributed by atoms with Gasteiger partial charge in [-0.2, -0.15) is 0 Å². The lowest BCUT2D eigenvalue weighted by Gasteiger charge is -2.13. The van der Waals surface area contributed by atoms with Crippen molar-refractivity contribution in [3.8, 4) is 0 Å². The van der Waals surface area contributed by atoms with Crippen LogP contribution in [0, 0.1) is 0 Å². The topological polar surface area (TPSA) is 78.4 Å². The number of unbranched alkanes of at least 4 members (excludes halogenated alkanes) is 1. The fraction of sp³-hybridized carbons (Fsp3) is 0.818. The first kappa shape index (κ1) is 14.7. The molecule has 94 valence electrons. The summed E-state index contributed by atoms with van der Waals surface area (Å²) in [6.07, 6.45) is 3.46. The fourth-order valence-electron chi connectivity index (χ4n) is 1.29. The maximum Gasteiger partial charge on any atom is 0.314 e. The van der Waals surface area contributed by atoms with Gasteiger partial charge in [0.15, 0.2) is 0 Å². The molecule has 0 heterocycles. The molecular formula is C11H22N2O3. The van der Waals surface area contributed by atoms with Gasteiger partial charge in [0.1, 0.15) is 0 Å². The van der Waals surface area contributed by atoms with E-state index in [4.69, 9.17) is 5.11 Å². The van der Waals surface area contributed by atoms with Crippen molar-refractivity contribution in [2.24, 2.45) is 0 Å². The minimum atomic E-state index is -0.792. The van der Waals surface area contributed by atoms with Crippen molar-refractivity contribution < 1.29 is 14.7 Å². The van der Waals surface area contributed by atoms with Crippen molar-refractivity contribution >= 4 is 12.0 Å². The van der Waals surface area contributed by atoms with E-state index in [2.05, 4.69) is 17.6 Å². The summed E-state index contributed by atoms with van der Waals surface area (Å²) in [7, 11) is 0. The fourth-order valence-corrected chi connectivity index (χ4v) is 1.29. The summed E-state index contributed by atoms with van der Waals surface area (Å²) < 4.78 is 0. The average molecular weight is 230 g/mol. The van der Waals surface area contributed by atoms with Crippen LogP contribution in [0.3, 0.4) is 0 Å². The van der Waals surface area contributed by atoms with Gasteiger partial charge in [-0.3, -0.25) is 4.79 Å². The lowest BCUT2D eigenvalue weighted by Crippen LogP contribution is -2.41. The number of carboxylic acids is 1.